The van der Waals surface area contributed by atoms with Gasteiger partial charge >= 0.3 is 0 Å². The van der Waals surface area contributed by atoms with Crippen LogP contribution in [0.15, 0.2) is 46.1 Å². The quantitative estimate of drug-likeness (QED) is 0.236. The lowest BCUT2D eigenvalue weighted by molar-refractivity contribution is -0.118. The number of carbonyl (C=O) groups is 1. The molecule has 1 amide bonds. The van der Waals surface area contributed by atoms with E-state index >= 15 is 4.39 Å². The summed E-state index contributed by atoms with van der Waals surface area (Å²) in [6, 6.07) is 8.78. The van der Waals surface area contributed by atoms with Crippen molar-refractivity contribution >= 4 is 52.8 Å². The molecule has 0 unspecified atom stereocenters. The van der Waals surface area contributed by atoms with E-state index < -0.39 is 0 Å². The highest BCUT2D eigenvalue weighted by Crippen LogP contribution is 2.39. The molecular formula is C25H28ClFN4O3S2. The number of amides is 1. The van der Waals surface area contributed by atoms with Crippen molar-refractivity contribution in [1.82, 2.24) is 9.88 Å². The van der Waals surface area contributed by atoms with Crippen molar-refractivity contribution in [2.45, 2.75) is 36.9 Å². The molecular weight excluding hydrogens is 523 g/mol. The van der Waals surface area contributed by atoms with Crippen molar-refractivity contribution in [2.24, 2.45) is 0 Å². The number of likely N-dealkylation sites (tertiary alicyclic amines) is 1. The molecule has 1 aliphatic rings. The van der Waals surface area contributed by atoms with Gasteiger partial charge in [0.2, 0.25) is 6.41 Å². The maximum atomic E-state index is 15.4. The lowest BCUT2D eigenvalue weighted by atomic mass is 10.1. The lowest BCUT2D eigenvalue weighted by Crippen LogP contribution is -2.41. The van der Waals surface area contributed by atoms with Crippen molar-refractivity contribution in [2.75, 3.05) is 37.0 Å². The number of thiazole rings is 1. The van der Waals surface area contributed by atoms with E-state index in [9.17, 15) is 4.79 Å². The molecule has 2 atom stereocenters. The molecule has 0 aliphatic carbocycles. The van der Waals surface area contributed by atoms with Crippen molar-refractivity contribution in [3.8, 4) is 11.5 Å². The number of hydrogen-bond acceptors (Lipinski definition) is 8. The molecule has 0 saturated carbocycles. The van der Waals surface area contributed by atoms with E-state index in [1.54, 1.807) is 30.7 Å². The zero-order chi connectivity index (χ0) is 25.8. The Labute approximate surface area is 223 Å². The van der Waals surface area contributed by atoms with E-state index in [-0.39, 0.29) is 17.9 Å². The lowest BCUT2D eigenvalue weighted by Gasteiger charge is -2.32. The Kier molecular flexibility index (Phi) is 8.48. The van der Waals surface area contributed by atoms with Crippen LogP contribution in [0.25, 0.3) is 0 Å². The Morgan fingerprint density at radius 2 is 2.11 bits per heavy atom. The Balaban J connectivity index is 1.60. The average Bonchev–Trinajstić information content (AvgIpc) is 3.55. The second kappa shape index (κ2) is 11.6. The zero-order valence-electron chi connectivity index (χ0n) is 20.5. The van der Waals surface area contributed by atoms with Crippen LogP contribution in [0.1, 0.15) is 18.9 Å². The predicted molar refractivity (Wildman–Crippen MR) is 144 cm³/mol. The van der Waals surface area contributed by atoms with Crippen LogP contribution < -0.4 is 18.7 Å². The van der Waals surface area contributed by atoms with E-state index in [0.29, 0.717) is 46.0 Å². The first-order valence-corrected chi connectivity index (χ1v) is 13.4. The number of aromatic nitrogens is 1. The molecule has 7 nitrogen and oxygen atoms in total. The van der Waals surface area contributed by atoms with Gasteiger partial charge < -0.3 is 19.3 Å². The van der Waals surface area contributed by atoms with Gasteiger partial charge in [0.25, 0.3) is 0 Å². The topological polar surface area (TPSA) is 58.1 Å². The highest BCUT2D eigenvalue weighted by atomic mass is 35.5. The second-order valence-corrected chi connectivity index (χ2v) is 10.6. The SMILES string of the molecule is COc1ccc(CN(Sc2cc(Cl)c(N(C)[C@@H]3CCN(C=O)[C@@H]3C)cc2F)c2cscn2)c(OC)c1. The first-order chi connectivity index (χ1) is 17.4. The number of halogens is 2. The number of hydrogen-bond donors (Lipinski definition) is 0. The fourth-order valence-corrected chi connectivity index (χ4v) is 6.31. The van der Waals surface area contributed by atoms with E-state index in [1.165, 1.54) is 29.4 Å². The third-order valence-corrected chi connectivity index (χ3v) is 8.39. The standard InChI is InChI=1S/C25H28ClFN4O3S2/c1-16-21(7-8-30(16)15-32)29(2)22-11-20(27)24(10-19(22)26)36-31(25-13-35-14-28-25)12-17-5-6-18(33-3)9-23(17)34-4/h5-6,9-11,13-16,21H,7-8,12H2,1-4H3/t16-,21-/m1/s1. The van der Waals surface area contributed by atoms with Crippen LogP contribution >= 0.6 is 34.9 Å². The molecule has 2 aromatic carbocycles. The monoisotopic (exact) mass is 550 g/mol. The minimum Gasteiger partial charge on any atom is -0.497 e. The fourth-order valence-electron chi connectivity index (χ4n) is 4.40. The highest BCUT2D eigenvalue weighted by Gasteiger charge is 2.33. The van der Waals surface area contributed by atoms with Gasteiger partial charge in [-0.15, -0.1) is 11.3 Å². The highest BCUT2D eigenvalue weighted by molar-refractivity contribution is 8.00. The number of carbonyl (C=O) groups excluding carboxylic acids is 1. The summed E-state index contributed by atoms with van der Waals surface area (Å²) in [5.41, 5.74) is 3.23. The summed E-state index contributed by atoms with van der Waals surface area (Å²) in [6.07, 6.45) is 1.66. The van der Waals surface area contributed by atoms with Crippen LogP contribution in [-0.2, 0) is 11.3 Å². The number of anilines is 2. The maximum absolute atomic E-state index is 15.4. The molecule has 1 aromatic heterocycles. The molecule has 192 valence electrons. The Hall–Kier alpha value is -2.69. The second-order valence-electron chi connectivity index (χ2n) is 8.44. The number of likely N-dealkylation sites (N-methyl/N-ethyl adjacent to an activating group) is 1. The molecule has 0 spiro atoms. The molecule has 1 saturated heterocycles. The molecule has 2 heterocycles. The van der Waals surface area contributed by atoms with Gasteiger partial charge in [-0.3, -0.25) is 9.10 Å². The number of nitrogens with zero attached hydrogens (tertiary/aromatic N) is 4. The molecule has 1 fully saturated rings. The third kappa shape index (κ3) is 5.50. The van der Waals surface area contributed by atoms with Crippen LogP contribution in [0, 0.1) is 5.82 Å². The largest absolute Gasteiger partial charge is 0.497 e. The molecule has 0 bridgehead atoms. The van der Waals surface area contributed by atoms with Gasteiger partial charge in [0, 0.05) is 36.6 Å². The van der Waals surface area contributed by atoms with Crippen molar-refractivity contribution < 1.29 is 18.7 Å². The number of benzene rings is 2. The molecule has 36 heavy (non-hydrogen) atoms. The number of rotatable bonds is 10. The van der Waals surface area contributed by atoms with Crippen LogP contribution in [0.3, 0.4) is 0 Å². The van der Waals surface area contributed by atoms with Gasteiger partial charge in [0.05, 0.1) is 47.9 Å². The summed E-state index contributed by atoms with van der Waals surface area (Å²) in [5.74, 6) is 1.67. The van der Waals surface area contributed by atoms with E-state index in [1.807, 2.05) is 46.8 Å². The Morgan fingerprint density at radius 1 is 1.31 bits per heavy atom. The molecule has 1 aliphatic heterocycles. The number of ether oxygens (including phenoxy) is 2. The average molecular weight is 551 g/mol. The molecule has 4 rings (SSSR count). The molecule has 0 radical (unpaired) electrons. The van der Waals surface area contributed by atoms with Gasteiger partial charge in [-0.2, -0.15) is 0 Å². The minimum absolute atomic E-state index is 0.0142. The van der Waals surface area contributed by atoms with Gasteiger partial charge in [0.15, 0.2) is 0 Å². The summed E-state index contributed by atoms with van der Waals surface area (Å²) >= 11 is 9.36. The van der Waals surface area contributed by atoms with Crippen molar-refractivity contribution in [3.63, 3.8) is 0 Å². The first kappa shape index (κ1) is 26.4. The smallest absolute Gasteiger partial charge is 0.210 e. The summed E-state index contributed by atoms with van der Waals surface area (Å²) < 4.78 is 28.2. The Morgan fingerprint density at radius 3 is 2.75 bits per heavy atom. The molecule has 3 aromatic rings. The molecule has 0 N–H and O–H groups in total. The van der Waals surface area contributed by atoms with Crippen molar-refractivity contribution in [1.29, 1.82) is 0 Å². The van der Waals surface area contributed by atoms with E-state index in [0.717, 1.165) is 18.4 Å². The van der Waals surface area contributed by atoms with Crippen molar-refractivity contribution in [3.05, 3.63) is 57.6 Å². The maximum Gasteiger partial charge on any atom is 0.210 e. The third-order valence-electron chi connectivity index (χ3n) is 6.47. The first-order valence-electron chi connectivity index (χ1n) is 11.3. The zero-order valence-corrected chi connectivity index (χ0v) is 22.9. The fraction of sp³-hybridized carbons (Fsp3) is 0.360. The van der Waals surface area contributed by atoms with Crippen LogP contribution in [0.2, 0.25) is 5.02 Å². The van der Waals surface area contributed by atoms with E-state index in [4.69, 9.17) is 21.1 Å². The summed E-state index contributed by atoms with van der Waals surface area (Å²) in [6.45, 7) is 3.09. The number of methoxy groups -OCH3 is 2. The van der Waals surface area contributed by atoms with Gasteiger partial charge in [-0.25, -0.2) is 9.37 Å². The summed E-state index contributed by atoms with van der Waals surface area (Å²) in [7, 11) is 5.10. The van der Waals surface area contributed by atoms with Gasteiger partial charge in [0.1, 0.15) is 23.1 Å². The Bertz CT molecular complexity index is 1200. The molecule has 11 heteroatoms. The van der Waals surface area contributed by atoms with Gasteiger partial charge in [-0.1, -0.05) is 11.6 Å². The predicted octanol–water partition coefficient (Wildman–Crippen LogP) is 5.72. The van der Waals surface area contributed by atoms with Gasteiger partial charge in [-0.05, 0) is 49.6 Å². The normalized spacial score (nSPS) is 17.2. The minimum atomic E-state index is -0.383. The van der Waals surface area contributed by atoms with Crippen LogP contribution in [0.4, 0.5) is 15.9 Å². The van der Waals surface area contributed by atoms with Crippen LogP contribution in [-0.4, -0.2) is 56.2 Å². The van der Waals surface area contributed by atoms with E-state index in [2.05, 4.69) is 4.98 Å². The van der Waals surface area contributed by atoms with Crippen LogP contribution in [0.5, 0.6) is 11.5 Å². The summed E-state index contributed by atoms with van der Waals surface area (Å²) in [4.78, 5) is 19.8. The summed E-state index contributed by atoms with van der Waals surface area (Å²) in [5, 5.41) is 2.35.